The van der Waals surface area contributed by atoms with Crippen molar-refractivity contribution in [3.8, 4) is 0 Å². The number of benzene rings is 1. The van der Waals surface area contributed by atoms with Crippen LogP contribution in [-0.4, -0.2) is 22.5 Å². The molecule has 0 spiro atoms. The third-order valence-electron chi connectivity index (χ3n) is 5.59. The van der Waals surface area contributed by atoms with Gasteiger partial charge in [0.2, 0.25) is 5.91 Å². The van der Waals surface area contributed by atoms with Gasteiger partial charge >= 0.3 is 0 Å². The van der Waals surface area contributed by atoms with Crippen LogP contribution in [0.25, 0.3) is 0 Å². The predicted molar refractivity (Wildman–Crippen MR) is 91.7 cm³/mol. The Labute approximate surface area is 142 Å². The molecule has 0 N–H and O–H groups in total. The molecule has 1 aliphatic carbocycles. The van der Waals surface area contributed by atoms with Crippen LogP contribution in [0.4, 0.5) is 0 Å². The third kappa shape index (κ3) is 2.64. The topological polar surface area (TPSA) is 46.3 Å². The molecule has 1 saturated heterocycles. The molecule has 4 nitrogen and oxygen atoms in total. The molecule has 2 aromatic rings. The Kier molecular flexibility index (Phi) is 3.70. The minimum atomic E-state index is 0.0935. The molecule has 1 aromatic heterocycles. The maximum absolute atomic E-state index is 13.0. The third-order valence-corrected chi connectivity index (χ3v) is 5.59. The molecule has 1 aromatic carbocycles. The number of hydrogen-bond acceptors (Lipinski definition) is 3. The van der Waals surface area contributed by atoms with Crippen molar-refractivity contribution >= 4 is 5.91 Å². The molecule has 4 rings (SSSR count). The first-order valence-corrected chi connectivity index (χ1v) is 8.85. The standard InChI is InChI=1S/C20H24N2O2/c1-12-6-7-15(9-13(12)2)16-11-17(16)20(23)22-8-4-5-19(22)18-10-14(3)24-21-18/h6-7,9-10,16-17,19H,4-5,8,11H2,1-3H3/t16-,17+,19+/m1/s1. The fourth-order valence-electron chi connectivity index (χ4n) is 3.93. The van der Waals surface area contributed by atoms with E-state index in [4.69, 9.17) is 4.52 Å². The highest BCUT2D eigenvalue weighted by Crippen LogP contribution is 2.50. The van der Waals surface area contributed by atoms with Gasteiger partial charge in [-0.05, 0) is 62.6 Å². The summed E-state index contributed by atoms with van der Waals surface area (Å²) in [5.41, 5.74) is 4.83. The highest BCUT2D eigenvalue weighted by atomic mass is 16.5. The van der Waals surface area contributed by atoms with Gasteiger partial charge in [-0.25, -0.2) is 0 Å². The number of aromatic nitrogens is 1. The number of hydrogen-bond donors (Lipinski definition) is 0. The summed E-state index contributed by atoms with van der Waals surface area (Å²) >= 11 is 0. The van der Waals surface area contributed by atoms with Gasteiger partial charge in [0.25, 0.3) is 0 Å². The van der Waals surface area contributed by atoms with Gasteiger partial charge < -0.3 is 9.42 Å². The van der Waals surface area contributed by atoms with Gasteiger partial charge in [-0.1, -0.05) is 23.4 Å². The van der Waals surface area contributed by atoms with Crippen LogP contribution >= 0.6 is 0 Å². The molecule has 3 atom stereocenters. The predicted octanol–water partition coefficient (Wildman–Crippen LogP) is 4.07. The summed E-state index contributed by atoms with van der Waals surface area (Å²) in [4.78, 5) is 15.0. The average molecular weight is 324 g/mol. The zero-order valence-electron chi connectivity index (χ0n) is 14.6. The number of nitrogens with zero attached hydrogens (tertiary/aromatic N) is 2. The average Bonchev–Trinajstić information content (AvgIpc) is 2.99. The van der Waals surface area contributed by atoms with Crippen LogP contribution in [0.1, 0.15) is 59.4 Å². The number of likely N-dealkylation sites (tertiary alicyclic amines) is 1. The molecule has 1 saturated carbocycles. The van der Waals surface area contributed by atoms with E-state index in [0.29, 0.717) is 11.8 Å². The molecule has 126 valence electrons. The van der Waals surface area contributed by atoms with Gasteiger partial charge in [0.05, 0.1) is 6.04 Å². The number of aryl methyl sites for hydroxylation is 3. The zero-order valence-corrected chi connectivity index (χ0v) is 14.6. The fraction of sp³-hybridized carbons (Fsp3) is 0.500. The summed E-state index contributed by atoms with van der Waals surface area (Å²) < 4.78 is 5.21. The van der Waals surface area contributed by atoms with Crippen LogP contribution in [0.15, 0.2) is 28.8 Å². The highest BCUT2D eigenvalue weighted by molar-refractivity contribution is 5.83. The summed E-state index contributed by atoms with van der Waals surface area (Å²) in [6.07, 6.45) is 3.00. The Balaban J connectivity index is 1.49. The Hall–Kier alpha value is -2.10. The van der Waals surface area contributed by atoms with E-state index in [-0.39, 0.29) is 12.0 Å². The van der Waals surface area contributed by atoms with E-state index in [1.807, 2.05) is 17.9 Å². The quantitative estimate of drug-likeness (QED) is 0.855. The summed E-state index contributed by atoms with van der Waals surface area (Å²) in [6, 6.07) is 8.65. The lowest BCUT2D eigenvalue weighted by molar-refractivity contribution is -0.133. The van der Waals surface area contributed by atoms with E-state index in [0.717, 1.165) is 37.3 Å². The van der Waals surface area contributed by atoms with Gasteiger partial charge in [-0.2, -0.15) is 0 Å². The maximum Gasteiger partial charge on any atom is 0.226 e. The summed E-state index contributed by atoms with van der Waals surface area (Å²) in [5, 5.41) is 4.14. The highest BCUT2D eigenvalue weighted by Gasteiger charge is 2.48. The van der Waals surface area contributed by atoms with Gasteiger partial charge in [-0.3, -0.25) is 4.79 Å². The van der Waals surface area contributed by atoms with E-state index in [1.54, 1.807) is 0 Å². The Bertz CT molecular complexity index is 780. The number of carbonyl (C=O) groups excluding carboxylic acids is 1. The fourth-order valence-corrected chi connectivity index (χ4v) is 3.93. The van der Waals surface area contributed by atoms with Crippen molar-refractivity contribution < 1.29 is 9.32 Å². The second-order valence-electron chi connectivity index (χ2n) is 7.34. The monoisotopic (exact) mass is 324 g/mol. The summed E-state index contributed by atoms with van der Waals surface area (Å²) in [5.74, 6) is 1.63. The van der Waals surface area contributed by atoms with E-state index in [2.05, 4.69) is 37.2 Å². The van der Waals surface area contributed by atoms with E-state index < -0.39 is 0 Å². The second-order valence-corrected chi connectivity index (χ2v) is 7.34. The van der Waals surface area contributed by atoms with Crippen molar-refractivity contribution in [3.63, 3.8) is 0 Å². The van der Waals surface area contributed by atoms with E-state index >= 15 is 0 Å². The van der Waals surface area contributed by atoms with Crippen molar-refractivity contribution in [2.24, 2.45) is 5.92 Å². The Morgan fingerprint density at radius 2 is 2.04 bits per heavy atom. The Morgan fingerprint density at radius 3 is 2.75 bits per heavy atom. The van der Waals surface area contributed by atoms with Crippen LogP contribution < -0.4 is 0 Å². The van der Waals surface area contributed by atoms with Crippen molar-refractivity contribution in [1.82, 2.24) is 10.1 Å². The lowest BCUT2D eigenvalue weighted by atomic mass is 10.0. The minimum Gasteiger partial charge on any atom is -0.361 e. The van der Waals surface area contributed by atoms with E-state index in [9.17, 15) is 4.79 Å². The smallest absolute Gasteiger partial charge is 0.226 e. The minimum absolute atomic E-state index is 0.0935. The van der Waals surface area contributed by atoms with Crippen molar-refractivity contribution in [2.45, 2.75) is 52.0 Å². The largest absolute Gasteiger partial charge is 0.361 e. The number of amides is 1. The van der Waals surface area contributed by atoms with Crippen LogP contribution in [-0.2, 0) is 4.79 Å². The zero-order chi connectivity index (χ0) is 16.8. The molecule has 1 amide bonds. The van der Waals surface area contributed by atoms with Gasteiger partial charge in [0, 0.05) is 18.5 Å². The SMILES string of the molecule is Cc1cc([C@@H]2CCCN2C(=O)[C@H]2C[C@@H]2c2ccc(C)c(C)c2)no1. The summed E-state index contributed by atoms with van der Waals surface area (Å²) in [7, 11) is 0. The molecule has 0 unspecified atom stereocenters. The molecule has 1 aliphatic heterocycles. The number of carbonyl (C=O) groups is 1. The molecule has 4 heteroatoms. The van der Waals surface area contributed by atoms with Crippen molar-refractivity contribution in [3.05, 3.63) is 52.4 Å². The first-order valence-electron chi connectivity index (χ1n) is 8.85. The molecule has 24 heavy (non-hydrogen) atoms. The Morgan fingerprint density at radius 1 is 1.21 bits per heavy atom. The molecular formula is C20H24N2O2. The van der Waals surface area contributed by atoms with Crippen molar-refractivity contribution in [2.75, 3.05) is 6.54 Å². The molecule has 0 radical (unpaired) electrons. The van der Waals surface area contributed by atoms with Crippen LogP contribution in [0, 0.1) is 26.7 Å². The van der Waals surface area contributed by atoms with E-state index in [1.165, 1.54) is 16.7 Å². The molecule has 2 heterocycles. The number of rotatable bonds is 3. The van der Waals surface area contributed by atoms with Crippen LogP contribution in [0.2, 0.25) is 0 Å². The second kappa shape index (κ2) is 5.76. The first-order chi connectivity index (χ1) is 11.5. The van der Waals surface area contributed by atoms with Gasteiger partial charge in [0.15, 0.2) is 0 Å². The first kappa shape index (κ1) is 15.4. The molecular weight excluding hydrogens is 300 g/mol. The van der Waals surface area contributed by atoms with Crippen molar-refractivity contribution in [1.29, 1.82) is 0 Å². The lowest BCUT2D eigenvalue weighted by Crippen LogP contribution is -2.32. The van der Waals surface area contributed by atoms with Gasteiger partial charge in [0.1, 0.15) is 11.5 Å². The molecule has 2 fully saturated rings. The maximum atomic E-state index is 13.0. The van der Waals surface area contributed by atoms with Crippen LogP contribution in [0.5, 0.6) is 0 Å². The molecule has 2 aliphatic rings. The van der Waals surface area contributed by atoms with Crippen LogP contribution in [0.3, 0.4) is 0 Å². The summed E-state index contributed by atoms with van der Waals surface area (Å²) in [6.45, 7) is 7.00. The van der Waals surface area contributed by atoms with Gasteiger partial charge in [-0.15, -0.1) is 0 Å². The normalized spacial score (nSPS) is 26.0. The lowest BCUT2D eigenvalue weighted by Gasteiger charge is -2.23. The molecule has 0 bridgehead atoms.